The number of carbonyl (C=O) groups is 5. The van der Waals surface area contributed by atoms with Crippen LogP contribution in [-0.4, -0.2) is 82.9 Å². The lowest BCUT2D eigenvalue weighted by Crippen LogP contribution is -2.65. The number of rotatable bonds is 14. The smallest absolute Gasteiger partial charge is 0.471 e. The maximum absolute atomic E-state index is 13.5. The quantitative estimate of drug-likeness (QED) is 0.138. The average Bonchev–Trinajstić information content (AvgIpc) is 3.32. The van der Waals surface area contributed by atoms with Gasteiger partial charge >= 0.3 is 24.0 Å². The number of aliphatic carboxylic acids is 1. The van der Waals surface area contributed by atoms with Crippen molar-refractivity contribution in [3.05, 3.63) is 35.9 Å². The first-order valence-corrected chi connectivity index (χ1v) is 12.3. The Balaban J connectivity index is 2.19. The first kappa shape index (κ1) is 30.9. The van der Waals surface area contributed by atoms with Crippen molar-refractivity contribution >= 4 is 29.4 Å². The summed E-state index contributed by atoms with van der Waals surface area (Å²) in [5.41, 5.74) is 4.16. The number of nitrogens with zero attached hydrogens (tertiary/aromatic N) is 1. The first-order chi connectivity index (χ1) is 17.9. The van der Waals surface area contributed by atoms with E-state index in [9.17, 15) is 42.3 Å². The number of hydrogen-bond acceptors (Lipinski definition) is 8. The summed E-state index contributed by atoms with van der Waals surface area (Å²) in [7, 11) is 0. The minimum atomic E-state index is -5.01. The number of ether oxygens (including phenoxy) is 1. The largest absolute Gasteiger partial charge is 0.480 e. The number of esters is 1. The fourth-order valence-electron chi connectivity index (χ4n) is 4.57. The van der Waals surface area contributed by atoms with E-state index in [1.165, 1.54) is 4.90 Å². The van der Waals surface area contributed by atoms with Gasteiger partial charge in [0.25, 0.3) is 0 Å². The van der Waals surface area contributed by atoms with Crippen molar-refractivity contribution in [3.8, 4) is 0 Å². The van der Waals surface area contributed by atoms with Crippen molar-refractivity contribution < 1.29 is 47.0 Å². The summed E-state index contributed by atoms with van der Waals surface area (Å²) >= 11 is 0. The lowest BCUT2D eigenvalue weighted by atomic mass is 9.84. The molecule has 13 heteroatoms. The molecule has 0 aliphatic carbocycles. The van der Waals surface area contributed by atoms with Gasteiger partial charge in [-0.2, -0.15) is 13.2 Å². The monoisotopic (exact) mass is 543 g/mol. The minimum absolute atomic E-state index is 0.0267. The van der Waals surface area contributed by atoms with Crippen molar-refractivity contribution in [2.45, 2.75) is 69.2 Å². The van der Waals surface area contributed by atoms with Crippen LogP contribution in [0.3, 0.4) is 0 Å². The maximum Gasteiger partial charge on any atom is 0.471 e. The Morgan fingerprint density at radius 3 is 2.39 bits per heavy atom. The van der Waals surface area contributed by atoms with Gasteiger partial charge in [-0.1, -0.05) is 30.3 Å². The van der Waals surface area contributed by atoms with Crippen molar-refractivity contribution in [2.24, 2.45) is 5.73 Å². The van der Waals surface area contributed by atoms with Crippen molar-refractivity contribution in [1.29, 1.82) is 0 Å². The lowest BCUT2D eigenvalue weighted by Gasteiger charge is -2.38. The van der Waals surface area contributed by atoms with Gasteiger partial charge in [0.15, 0.2) is 17.1 Å². The molecule has 1 unspecified atom stereocenters. The van der Waals surface area contributed by atoms with E-state index in [4.69, 9.17) is 10.5 Å². The second-order valence-electron chi connectivity index (χ2n) is 8.94. The van der Waals surface area contributed by atoms with E-state index in [0.717, 1.165) is 0 Å². The van der Waals surface area contributed by atoms with E-state index in [1.54, 1.807) is 42.6 Å². The van der Waals surface area contributed by atoms with Crippen LogP contribution in [0.4, 0.5) is 13.2 Å². The number of alkyl halides is 3. The summed E-state index contributed by atoms with van der Waals surface area (Å²) in [4.78, 5) is 63.9. The molecule has 38 heavy (non-hydrogen) atoms. The van der Waals surface area contributed by atoms with Gasteiger partial charge in [-0.25, -0.2) is 4.79 Å². The highest BCUT2D eigenvalue weighted by molar-refractivity contribution is 6.11. The molecular weight excluding hydrogens is 511 g/mol. The van der Waals surface area contributed by atoms with Gasteiger partial charge in [0.2, 0.25) is 0 Å². The molecule has 210 valence electrons. The SMILES string of the molecule is CCOC(=O)C(CC(=O)c1ccccc1)N1CCC[C@]1(C(=O)O)C(=O)[C@@H](N)CCCCNC(=O)C(F)(F)F. The molecule has 0 saturated carbocycles. The number of nitrogens with two attached hydrogens (primary N) is 1. The van der Waals surface area contributed by atoms with Crippen molar-refractivity contribution in [1.82, 2.24) is 10.2 Å². The molecule has 4 N–H and O–H groups in total. The molecule has 1 amide bonds. The Labute approximate surface area is 217 Å². The van der Waals surface area contributed by atoms with Crippen LogP contribution in [0.5, 0.6) is 0 Å². The number of benzene rings is 1. The lowest BCUT2D eigenvalue weighted by molar-refractivity contribution is -0.173. The van der Waals surface area contributed by atoms with Gasteiger partial charge in [0.1, 0.15) is 6.04 Å². The van der Waals surface area contributed by atoms with Gasteiger partial charge in [0.05, 0.1) is 12.6 Å². The number of carbonyl (C=O) groups excluding carboxylic acids is 4. The predicted octanol–water partition coefficient (Wildman–Crippen LogP) is 1.86. The fourth-order valence-corrected chi connectivity index (χ4v) is 4.57. The second-order valence-corrected chi connectivity index (χ2v) is 8.94. The number of halogens is 3. The van der Waals surface area contributed by atoms with Gasteiger partial charge in [-0.05, 0) is 39.0 Å². The van der Waals surface area contributed by atoms with E-state index >= 15 is 0 Å². The van der Waals surface area contributed by atoms with Gasteiger partial charge < -0.3 is 20.9 Å². The molecule has 0 bridgehead atoms. The zero-order valence-corrected chi connectivity index (χ0v) is 21.0. The van der Waals surface area contributed by atoms with E-state index in [-0.39, 0.29) is 51.8 Å². The number of amides is 1. The number of carboxylic acid groups (broad SMARTS) is 1. The molecule has 0 aromatic heterocycles. The molecule has 3 atom stereocenters. The number of Topliss-reactive ketones (excluding diaryl/α,β-unsaturated/α-hetero) is 2. The highest BCUT2D eigenvalue weighted by Crippen LogP contribution is 2.36. The zero-order chi connectivity index (χ0) is 28.5. The highest BCUT2D eigenvalue weighted by atomic mass is 19.4. The summed E-state index contributed by atoms with van der Waals surface area (Å²) in [5.74, 6) is -5.75. The van der Waals surface area contributed by atoms with Gasteiger partial charge in [0, 0.05) is 25.1 Å². The third-order valence-electron chi connectivity index (χ3n) is 6.42. The molecular formula is C25H32F3N3O7. The number of ketones is 2. The van der Waals surface area contributed by atoms with Crippen LogP contribution in [0.1, 0.15) is 55.8 Å². The number of hydrogen-bond donors (Lipinski definition) is 3. The van der Waals surface area contributed by atoms with Crippen LogP contribution in [0, 0.1) is 0 Å². The van der Waals surface area contributed by atoms with Crippen LogP contribution < -0.4 is 11.1 Å². The molecule has 0 radical (unpaired) electrons. The predicted molar refractivity (Wildman–Crippen MR) is 128 cm³/mol. The van der Waals surface area contributed by atoms with E-state index in [2.05, 4.69) is 0 Å². The number of unbranched alkanes of at least 4 members (excludes halogenated alkanes) is 1. The third-order valence-corrected chi connectivity index (χ3v) is 6.42. The van der Waals surface area contributed by atoms with Gasteiger partial charge in [-0.15, -0.1) is 0 Å². The molecule has 0 spiro atoms. The Bertz CT molecular complexity index is 1020. The molecule has 1 aromatic rings. The average molecular weight is 544 g/mol. The standard InChI is InChI=1S/C25H32F3N3O7/c1-2-38-21(34)18(15-19(32)16-9-4-3-5-10-16)31-14-8-12-24(31,23(36)37)20(33)17(29)11-6-7-13-30-22(35)25(26,27)28/h3-5,9-10,17-18H,2,6-8,11-15,29H2,1H3,(H,30,35)(H,36,37)/t17-,18?,24+/m0/s1. The third kappa shape index (κ3) is 7.38. The fraction of sp³-hybridized carbons (Fsp3) is 0.560. The normalized spacial score (nSPS) is 19.4. The number of likely N-dealkylation sites (tertiary alicyclic amines) is 1. The molecule has 1 aromatic carbocycles. The number of nitrogens with one attached hydrogen (secondary N) is 1. The second kappa shape index (κ2) is 13.5. The van der Waals surface area contributed by atoms with Crippen molar-refractivity contribution in [3.63, 3.8) is 0 Å². The topological polar surface area (TPSA) is 156 Å². The molecule has 1 fully saturated rings. The molecule has 10 nitrogen and oxygen atoms in total. The summed E-state index contributed by atoms with van der Waals surface area (Å²) in [6.07, 6.45) is -5.19. The zero-order valence-electron chi connectivity index (χ0n) is 21.0. The number of carboxylic acids is 1. The molecule has 1 aliphatic heterocycles. The van der Waals surface area contributed by atoms with Crippen LogP contribution in [-0.2, 0) is 23.9 Å². The first-order valence-electron chi connectivity index (χ1n) is 12.3. The Kier molecular flexibility index (Phi) is 11.0. The molecule has 1 saturated heterocycles. The van der Waals surface area contributed by atoms with Crippen molar-refractivity contribution in [2.75, 3.05) is 19.7 Å². The molecule has 2 rings (SSSR count). The van der Waals surface area contributed by atoms with Crippen LogP contribution in [0.15, 0.2) is 30.3 Å². The molecule has 1 heterocycles. The van der Waals surface area contributed by atoms with Crippen LogP contribution in [0.2, 0.25) is 0 Å². The van der Waals surface area contributed by atoms with Crippen LogP contribution >= 0.6 is 0 Å². The van der Waals surface area contributed by atoms with Crippen LogP contribution in [0.25, 0.3) is 0 Å². The Morgan fingerprint density at radius 1 is 1.16 bits per heavy atom. The Hall–Kier alpha value is -3.32. The highest BCUT2D eigenvalue weighted by Gasteiger charge is 2.58. The maximum atomic E-state index is 13.5. The summed E-state index contributed by atoms with van der Waals surface area (Å²) < 4.78 is 41.9. The minimum Gasteiger partial charge on any atom is -0.480 e. The molecule has 1 aliphatic rings. The van der Waals surface area contributed by atoms with E-state index in [1.807, 2.05) is 0 Å². The summed E-state index contributed by atoms with van der Waals surface area (Å²) in [5, 5.41) is 11.9. The summed E-state index contributed by atoms with van der Waals surface area (Å²) in [6.45, 7) is 1.25. The summed E-state index contributed by atoms with van der Waals surface area (Å²) in [6, 6.07) is 5.43. The Morgan fingerprint density at radius 2 is 1.82 bits per heavy atom. The van der Waals surface area contributed by atoms with Gasteiger partial charge in [-0.3, -0.25) is 24.1 Å². The van der Waals surface area contributed by atoms with E-state index in [0.29, 0.717) is 5.56 Å². The van der Waals surface area contributed by atoms with E-state index < -0.39 is 59.6 Å².